The maximum absolute atomic E-state index is 10.2. The van der Waals surface area contributed by atoms with Gasteiger partial charge in [-0.1, -0.05) is 6.07 Å². The number of methoxy groups -OCH3 is 1. The highest BCUT2D eigenvalue weighted by Crippen LogP contribution is 2.29. The second-order valence-corrected chi connectivity index (χ2v) is 8.94. The van der Waals surface area contributed by atoms with Crippen molar-refractivity contribution in [3.63, 3.8) is 0 Å². The lowest BCUT2D eigenvalue weighted by Crippen LogP contribution is -2.34. The van der Waals surface area contributed by atoms with Crippen molar-refractivity contribution < 1.29 is 14.6 Å². The summed E-state index contributed by atoms with van der Waals surface area (Å²) >= 11 is 2.06. The zero-order chi connectivity index (χ0) is 19.1. The van der Waals surface area contributed by atoms with Crippen molar-refractivity contribution in [3.05, 3.63) is 23.8 Å². The smallest absolute Gasteiger partial charge is 0.161 e. The van der Waals surface area contributed by atoms with Crippen molar-refractivity contribution in [2.24, 2.45) is 0 Å². The molecule has 3 rings (SSSR count). The molecule has 152 valence electrons. The Balaban J connectivity index is 1.51. The molecule has 0 radical (unpaired) electrons. The summed E-state index contributed by atoms with van der Waals surface area (Å²) in [5.41, 5.74) is 1.23. The van der Waals surface area contributed by atoms with E-state index >= 15 is 0 Å². The van der Waals surface area contributed by atoms with E-state index in [1.165, 1.54) is 42.8 Å². The van der Waals surface area contributed by atoms with Crippen LogP contribution in [0.4, 0.5) is 0 Å². The van der Waals surface area contributed by atoms with Gasteiger partial charge >= 0.3 is 0 Å². The zero-order valence-electron chi connectivity index (χ0n) is 16.7. The highest BCUT2D eigenvalue weighted by atomic mass is 32.2. The van der Waals surface area contributed by atoms with Crippen molar-refractivity contribution in [2.75, 3.05) is 51.9 Å². The number of hydrogen-bond donors (Lipinski definition) is 1. The lowest BCUT2D eigenvalue weighted by atomic mass is 10.1. The van der Waals surface area contributed by atoms with Crippen LogP contribution in [0.1, 0.15) is 31.2 Å². The Morgan fingerprint density at radius 2 is 1.96 bits per heavy atom. The SMILES string of the molecule is COc1cc(CN(C)C2CCSCC2)ccc1OCC(O)CN1CCCC1. The van der Waals surface area contributed by atoms with E-state index in [4.69, 9.17) is 9.47 Å². The first kappa shape index (κ1) is 20.8. The number of aliphatic hydroxyl groups is 1. The molecule has 2 heterocycles. The van der Waals surface area contributed by atoms with Crippen molar-refractivity contribution in [2.45, 2.75) is 44.4 Å². The van der Waals surface area contributed by atoms with E-state index in [1.807, 2.05) is 6.07 Å². The summed E-state index contributed by atoms with van der Waals surface area (Å²) in [6.45, 7) is 4.07. The molecular weight excluding hydrogens is 360 g/mol. The predicted molar refractivity (Wildman–Crippen MR) is 112 cm³/mol. The van der Waals surface area contributed by atoms with Crippen LogP contribution in [-0.2, 0) is 6.54 Å². The summed E-state index contributed by atoms with van der Waals surface area (Å²) in [5.74, 6) is 3.99. The Morgan fingerprint density at radius 3 is 2.67 bits per heavy atom. The minimum atomic E-state index is -0.470. The van der Waals surface area contributed by atoms with Crippen LogP contribution >= 0.6 is 11.8 Å². The average molecular weight is 395 g/mol. The summed E-state index contributed by atoms with van der Waals surface area (Å²) < 4.78 is 11.4. The second kappa shape index (κ2) is 10.6. The molecule has 1 aromatic carbocycles. The van der Waals surface area contributed by atoms with Crippen molar-refractivity contribution in [1.82, 2.24) is 9.80 Å². The molecule has 27 heavy (non-hydrogen) atoms. The minimum absolute atomic E-state index is 0.297. The number of likely N-dealkylation sites (tertiary alicyclic amines) is 1. The van der Waals surface area contributed by atoms with E-state index in [-0.39, 0.29) is 0 Å². The molecule has 2 saturated heterocycles. The van der Waals surface area contributed by atoms with E-state index in [9.17, 15) is 5.11 Å². The fourth-order valence-corrected chi connectivity index (χ4v) is 5.06. The second-order valence-electron chi connectivity index (χ2n) is 7.72. The highest BCUT2D eigenvalue weighted by molar-refractivity contribution is 7.99. The fraction of sp³-hybridized carbons (Fsp3) is 0.714. The minimum Gasteiger partial charge on any atom is -0.493 e. The number of β-amino-alcohol motifs (C(OH)–C–C–N with tert-alkyl or cyclic N) is 1. The van der Waals surface area contributed by atoms with E-state index in [2.05, 4.69) is 40.7 Å². The molecule has 0 amide bonds. The molecule has 1 unspecified atom stereocenters. The molecule has 5 nitrogen and oxygen atoms in total. The van der Waals surface area contributed by atoms with Gasteiger partial charge in [-0.15, -0.1) is 0 Å². The third kappa shape index (κ3) is 6.28. The van der Waals surface area contributed by atoms with Crippen LogP contribution in [0.15, 0.2) is 18.2 Å². The highest BCUT2D eigenvalue weighted by Gasteiger charge is 2.19. The van der Waals surface area contributed by atoms with Gasteiger partial charge < -0.3 is 19.5 Å². The topological polar surface area (TPSA) is 45.2 Å². The quantitative estimate of drug-likeness (QED) is 0.695. The fourth-order valence-electron chi connectivity index (χ4n) is 3.97. The Hall–Kier alpha value is -0.950. The summed E-state index contributed by atoms with van der Waals surface area (Å²) in [7, 11) is 3.89. The van der Waals surface area contributed by atoms with Crippen LogP contribution in [0.2, 0.25) is 0 Å². The maximum atomic E-state index is 10.2. The molecular formula is C21H34N2O3S. The molecule has 6 heteroatoms. The Morgan fingerprint density at radius 1 is 1.22 bits per heavy atom. The molecule has 1 atom stereocenters. The molecule has 0 aliphatic carbocycles. The van der Waals surface area contributed by atoms with E-state index in [1.54, 1.807) is 7.11 Å². The molecule has 2 aliphatic heterocycles. The van der Waals surface area contributed by atoms with Crippen LogP contribution in [-0.4, -0.2) is 79.0 Å². The number of rotatable bonds is 9. The average Bonchev–Trinajstić information content (AvgIpc) is 3.20. The summed E-state index contributed by atoms with van der Waals surface area (Å²) in [6, 6.07) is 6.82. The Bertz CT molecular complexity index is 575. The number of thioether (sulfide) groups is 1. The number of ether oxygens (including phenoxy) is 2. The van der Waals surface area contributed by atoms with E-state index < -0.39 is 6.10 Å². The van der Waals surface area contributed by atoms with Gasteiger partial charge in [-0.3, -0.25) is 4.90 Å². The van der Waals surface area contributed by atoms with Crippen LogP contribution < -0.4 is 9.47 Å². The molecule has 0 aromatic heterocycles. The van der Waals surface area contributed by atoms with Crippen molar-refractivity contribution >= 4 is 11.8 Å². The molecule has 0 bridgehead atoms. The zero-order valence-corrected chi connectivity index (χ0v) is 17.5. The Labute approximate surface area is 168 Å². The molecule has 2 aliphatic rings. The first-order chi connectivity index (χ1) is 13.2. The van der Waals surface area contributed by atoms with Crippen LogP contribution in [0.5, 0.6) is 11.5 Å². The molecule has 1 aromatic rings. The molecule has 0 saturated carbocycles. The molecule has 1 N–H and O–H groups in total. The molecule has 0 spiro atoms. The number of benzene rings is 1. The van der Waals surface area contributed by atoms with Crippen molar-refractivity contribution in [3.8, 4) is 11.5 Å². The number of aliphatic hydroxyl groups excluding tert-OH is 1. The summed E-state index contributed by atoms with van der Waals surface area (Å²) in [5, 5.41) is 10.2. The largest absolute Gasteiger partial charge is 0.493 e. The van der Waals surface area contributed by atoms with Gasteiger partial charge in [0.15, 0.2) is 11.5 Å². The van der Waals surface area contributed by atoms with Gasteiger partial charge in [-0.25, -0.2) is 0 Å². The van der Waals surface area contributed by atoms with Gasteiger partial charge in [0.2, 0.25) is 0 Å². The number of nitrogens with zero attached hydrogens (tertiary/aromatic N) is 2. The van der Waals surface area contributed by atoms with Gasteiger partial charge in [0.05, 0.1) is 7.11 Å². The molecule has 2 fully saturated rings. The van der Waals surface area contributed by atoms with E-state index in [0.29, 0.717) is 24.9 Å². The lowest BCUT2D eigenvalue weighted by Gasteiger charge is -2.31. The third-order valence-electron chi connectivity index (χ3n) is 5.57. The van der Waals surface area contributed by atoms with Gasteiger partial charge in [0.1, 0.15) is 12.7 Å². The van der Waals surface area contributed by atoms with Crippen LogP contribution in [0, 0.1) is 0 Å². The predicted octanol–water partition coefficient (Wildman–Crippen LogP) is 2.86. The lowest BCUT2D eigenvalue weighted by molar-refractivity contribution is 0.0747. The van der Waals surface area contributed by atoms with Crippen LogP contribution in [0.3, 0.4) is 0 Å². The Kier molecular flexibility index (Phi) is 8.12. The standard InChI is InChI=1S/C21H34N2O3S/c1-22(18-7-11-27-12-8-18)14-17-5-6-20(21(13-17)25-2)26-16-19(24)15-23-9-3-4-10-23/h5-6,13,18-19,24H,3-4,7-12,14-16H2,1-2H3. The summed E-state index contributed by atoms with van der Waals surface area (Å²) in [4.78, 5) is 4.75. The van der Waals surface area contributed by atoms with Crippen LogP contribution in [0.25, 0.3) is 0 Å². The van der Waals surface area contributed by atoms with E-state index in [0.717, 1.165) is 25.4 Å². The van der Waals surface area contributed by atoms with Gasteiger partial charge in [-0.2, -0.15) is 11.8 Å². The monoisotopic (exact) mass is 394 g/mol. The third-order valence-corrected chi connectivity index (χ3v) is 6.62. The van der Waals surface area contributed by atoms with Gasteiger partial charge in [-0.05, 0) is 75.0 Å². The van der Waals surface area contributed by atoms with Crippen molar-refractivity contribution in [1.29, 1.82) is 0 Å². The number of hydrogen-bond acceptors (Lipinski definition) is 6. The van der Waals surface area contributed by atoms with Gasteiger partial charge in [0, 0.05) is 19.1 Å². The van der Waals surface area contributed by atoms with Gasteiger partial charge in [0.25, 0.3) is 0 Å². The normalized spacial score (nSPS) is 20.1. The maximum Gasteiger partial charge on any atom is 0.161 e. The first-order valence-corrected chi connectivity index (χ1v) is 11.3. The first-order valence-electron chi connectivity index (χ1n) is 10.1. The summed E-state index contributed by atoms with van der Waals surface area (Å²) in [6.07, 6.45) is 4.54.